The van der Waals surface area contributed by atoms with E-state index in [0.29, 0.717) is 17.3 Å². The fraction of sp³-hybridized carbons (Fsp3) is 0.389. The zero-order valence-electron chi connectivity index (χ0n) is 14.9. The number of hydrogen-bond acceptors (Lipinski definition) is 7. The SMILES string of the molecule is Cc1nc(N2CCNCC2C)nc(Nc2ccc(N)c(C=N)c2)c1C. The molecule has 1 atom stereocenters. The van der Waals surface area contributed by atoms with Crippen LogP contribution in [0.5, 0.6) is 0 Å². The van der Waals surface area contributed by atoms with E-state index in [-0.39, 0.29) is 0 Å². The molecule has 1 aliphatic rings. The molecule has 0 bridgehead atoms. The summed E-state index contributed by atoms with van der Waals surface area (Å²) in [5, 5.41) is 14.2. The van der Waals surface area contributed by atoms with Crippen molar-refractivity contribution < 1.29 is 0 Å². The summed E-state index contributed by atoms with van der Waals surface area (Å²) < 4.78 is 0. The van der Waals surface area contributed by atoms with Crippen LogP contribution in [0, 0.1) is 19.3 Å². The summed E-state index contributed by atoms with van der Waals surface area (Å²) in [4.78, 5) is 11.7. The molecule has 132 valence electrons. The van der Waals surface area contributed by atoms with Crippen LogP contribution >= 0.6 is 0 Å². The summed E-state index contributed by atoms with van der Waals surface area (Å²) in [7, 11) is 0. The molecule has 0 amide bonds. The van der Waals surface area contributed by atoms with E-state index >= 15 is 0 Å². The number of rotatable bonds is 4. The maximum Gasteiger partial charge on any atom is 0.227 e. The van der Waals surface area contributed by atoms with Gasteiger partial charge in [0, 0.05) is 60.1 Å². The van der Waals surface area contributed by atoms with Gasteiger partial charge in [-0.05, 0) is 39.0 Å². The Labute approximate surface area is 148 Å². The van der Waals surface area contributed by atoms with Crippen molar-refractivity contribution in [2.45, 2.75) is 26.8 Å². The lowest BCUT2D eigenvalue weighted by Crippen LogP contribution is -2.50. The number of hydrogen-bond donors (Lipinski definition) is 4. The van der Waals surface area contributed by atoms with Gasteiger partial charge in [0.05, 0.1) is 0 Å². The Balaban J connectivity index is 1.94. The largest absolute Gasteiger partial charge is 0.398 e. The molecule has 1 aromatic carbocycles. The minimum Gasteiger partial charge on any atom is -0.398 e. The number of aromatic nitrogens is 2. The number of anilines is 4. The van der Waals surface area contributed by atoms with Crippen molar-refractivity contribution >= 4 is 29.4 Å². The number of piperazine rings is 1. The fourth-order valence-corrected chi connectivity index (χ4v) is 2.92. The van der Waals surface area contributed by atoms with Crippen molar-refractivity contribution in [3.63, 3.8) is 0 Å². The van der Waals surface area contributed by atoms with Crippen LogP contribution in [0.2, 0.25) is 0 Å². The van der Waals surface area contributed by atoms with Gasteiger partial charge in [0.15, 0.2) is 0 Å². The van der Waals surface area contributed by atoms with E-state index in [4.69, 9.17) is 16.1 Å². The van der Waals surface area contributed by atoms with E-state index in [9.17, 15) is 0 Å². The number of benzene rings is 1. The number of nitrogens with zero attached hydrogens (tertiary/aromatic N) is 3. The molecule has 2 heterocycles. The molecular formula is C18H25N7. The summed E-state index contributed by atoms with van der Waals surface area (Å²) in [5.41, 5.74) is 9.97. The molecule has 0 saturated carbocycles. The van der Waals surface area contributed by atoms with E-state index in [1.165, 1.54) is 6.21 Å². The highest BCUT2D eigenvalue weighted by Crippen LogP contribution is 2.25. The first-order valence-corrected chi connectivity index (χ1v) is 8.49. The van der Waals surface area contributed by atoms with Crippen molar-refractivity contribution in [3.05, 3.63) is 35.0 Å². The summed E-state index contributed by atoms with van der Waals surface area (Å²) in [6.45, 7) is 8.95. The minimum atomic E-state index is 0.352. The molecule has 1 unspecified atom stereocenters. The van der Waals surface area contributed by atoms with E-state index in [1.807, 2.05) is 26.0 Å². The lowest BCUT2D eigenvalue weighted by molar-refractivity contribution is 0.492. The Morgan fingerprint density at radius 3 is 2.88 bits per heavy atom. The van der Waals surface area contributed by atoms with Crippen LogP contribution in [0.3, 0.4) is 0 Å². The lowest BCUT2D eigenvalue weighted by Gasteiger charge is -2.34. The normalized spacial score (nSPS) is 17.4. The molecule has 1 aromatic heterocycles. The lowest BCUT2D eigenvalue weighted by atomic mass is 10.1. The van der Waals surface area contributed by atoms with Crippen LogP contribution < -0.4 is 21.3 Å². The van der Waals surface area contributed by atoms with Gasteiger partial charge in [0.2, 0.25) is 5.95 Å². The van der Waals surface area contributed by atoms with Gasteiger partial charge >= 0.3 is 0 Å². The second-order valence-electron chi connectivity index (χ2n) is 6.44. The van der Waals surface area contributed by atoms with Crippen molar-refractivity contribution in [2.24, 2.45) is 0 Å². The van der Waals surface area contributed by atoms with E-state index in [0.717, 1.165) is 48.3 Å². The third kappa shape index (κ3) is 3.56. The van der Waals surface area contributed by atoms with Gasteiger partial charge in [-0.25, -0.2) is 4.98 Å². The molecule has 1 saturated heterocycles. The fourth-order valence-electron chi connectivity index (χ4n) is 2.92. The van der Waals surface area contributed by atoms with Gasteiger partial charge in [-0.15, -0.1) is 0 Å². The number of nitrogens with two attached hydrogens (primary N) is 1. The van der Waals surface area contributed by atoms with Crippen molar-refractivity contribution in [1.82, 2.24) is 15.3 Å². The molecule has 7 heteroatoms. The third-order valence-electron chi connectivity index (χ3n) is 4.64. The zero-order chi connectivity index (χ0) is 18.0. The van der Waals surface area contributed by atoms with Gasteiger partial charge in [-0.1, -0.05) is 0 Å². The molecule has 0 spiro atoms. The van der Waals surface area contributed by atoms with Gasteiger partial charge in [-0.3, -0.25) is 0 Å². The Hall–Kier alpha value is -2.67. The zero-order valence-corrected chi connectivity index (χ0v) is 14.9. The van der Waals surface area contributed by atoms with Crippen LogP contribution in [0.4, 0.5) is 23.1 Å². The van der Waals surface area contributed by atoms with Crippen molar-refractivity contribution in [2.75, 3.05) is 35.6 Å². The summed E-state index contributed by atoms with van der Waals surface area (Å²) >= 11 is 0. The highest BCUT2D eigenvalue weighted by atomic mass is 15.3. The van der Waals surface area contributed by atoms with Crippen molar-refractivity contribution in [1.29, 1.82) is 5.41 Å². The number of aryl methyl sites for hydroxylation is 1. The first kappa shape index (κ1) is 17.2. The standard InChI is InChI=1S/C18H25N7/c1-11-10-21-6-7-25(11)18-22-13(3)12(2)17(24-18)23-15-4-5-16(20)14(8-15)9-19/h4-5,8-9,11,19,21H,6-7,10,20H2,1-3H3,(H,22,23,24). The smallest absolute Gasteiger partial charge is 0.227 e. The highest BCUT2D eigenvalue weighted by molar-refractivity contribution is 5.87. The molecule has 1 aliphatic heterocycles. The van der Waals surface area contributed by atoms with Crippen LogP contribution in [0.1, 0.15) is 23.7 Å². The van der Waals surface area contributed by atoms with Gasteiger partial charge in [-0.2, -0.15) is 4.98 Å². The number of nitrogens with one attached hydrogen (secondary N) is 3. The van der Waals surface area contributed by atoms with Crippen LogP contribution in [0.15, 0.2) is 18.2 Å². The van der Waals surface area contributed by atoms with Crippen LogP contribution in [0.25, 0.3) is 0 Å². The van der Waals surface area contributed by atoms with E-state index in [2.05, 4.69) is 27.4 Å². The minimum absolute atomic E-state index is 0.352. The molecule has 2 aromatic rings. The Bertz CT molecular complexity index is 787. The molecule has 5 N–H and O–H groups in total. The predicted molar refractivity (Wildman–Crippen MR) is 103 cm³/mol. The monoisotopic (exact) mass is 339 g/mol. The second kappa shape index (κ2) is 7.06. The highest BCUT2D eigenvalue weighted by Gasteiger charge is 2.22. The van der Waals surface area contributed by atoms with E-state index in [1.54, 1.807) is 6.07 Å². The quantitative estimate of drug-likeness (QED) is 0.503. The molecule has 0 radical (unpaired) electrons. The van der Waals surface area contributed by atoms with Gasteiger partial charge in [0.1, 0.15) is 5.82 Å². The average Bonchev–Trinajstić information content (AvgIpc) is 2.60. The summed E-state index contributed by atoms with van der Waals surface area (Å²) in [6, 6.07) is 5.90. The molecule has 25 heavy (non-hydrogen) atoms. The molecule has 1 fully saturated rings. The maximum absolute atomic E-state index is 7.46. The topological polar surface area (TPSA) is 103 Å². The molecule has 3 rings (SSSR count). The summed E-state index contributed by atoms with van der Waals surface area (Å²) in [5.74, 6) is 1.54. The molecule has 0 aliphatic carbocycles. The Morgan fingerprint density at radius 1 is 1.36 bits per heavy atom. The number of nitrogen functional groups attached to an aromatic ring is 1. The molecular weight excluding hydrogens is 314 g/mol. The third-order valence-corrected chi connectivity index (χ3v) is 4.64. The second-order valence-corrected chi connectivity index (χ2v) is 6.44. The first-order chi connectivity index (χ1) is 12.0. The maximum atomic E-state index is 7.46. The van der Waals surface area contributed by atoms with Crippen LogP contribution in [-0.2, 0) is 0 Å². The van der Waals surface area contributed by atoms with Crippen molar-refractivity contribution in [3.8, 4) is 0 Å². The predicted octanol–water partition coefficient (Wildman–Crippen LogP) is 2.22. The Morgan fingerprint density at radius 2 is 2.16 bits per heavy atom. The van der Waals surface area contributed by atoms with Gasteiger partial charge < -0.3 is 26.7 Å². The van der Waals surface area contributed by atoms with Gasteiger partial charge in [0.25, 0.3) is 0 Å². The Kier molecular flexibility index (Phi) is 4.85. The summed E-state index contributed by atoms with van der Waals surface area (Å²) in [6.07, 6.45) is 1.26. The van der Waals surface area contributed by atoms with Crippen LogP contribution in [-0.4, -0.2) is 41.9 Å². The van der Waals surface area contributed by atoms with E-state index < -0.39 is 0 Å². The molecule has 7 nitrogen and oxygen atoms in total. The average molecular weight is 339 g/mol. The first-order valence-electron chi connectivity index (χ1n) is 8.49.